The van der Waals surface area contributed by atoms with Crippen LogP contribution < -0.4 is 15.4 Å². The predicted molar refractivity (Wildman–Crippen MR) is 140 cm³/mol. The fourth-order valence-corrected chi connectivity index (χ4v) is 4.94. The Morgan fingerprint density at radius 3 is 2.62 bits per heavy atom. The van der Waals surface area contributed by atoms with Gasteiger partial charge in [-0.2, -0.15) is 17.9 Å². The number of carbonyl (C=O) groups excluding carboxylic acids is 2. The van der Waals surface area contributed by atoms with Gasteiger partial charge in [0, 0.05) is 57.0 Å². The van der Waals surface area contributed by atoms with Crippen LogP contribution in [0.25, 0.3) is 5.69 Å². The van der Waals surface area contributed by atoms with Crippen LogP contribution in [0.15, 0.2) is 48.5 Å². The number of nitrogens with one attached hydrogen (secondary N) is 2. The van der Waals surface area contributed by atoms with Gasteiger partial charge < -0.3 is 20.3 Å². The smallest absolute Gasteiger partial charge is 0.453 e. The molecule has 3 aromatic rings. The highest BCUT2D eigenvalue weighted by Crippen LogP contribution is 2.31. The second-order valence-corrected chi connectivity index (χ2v) is 9.63. The number of piperidine rings is 1. The quantitative estimate of drug-likeness (QED) is 0.367. The molecule has 1 aliphatic heterocycles. The number of hydrogen-bond donors (Lipinski definition) is 2. The fourth-order valence-electron chi connectivity index (χ4n) is 4.94. The molecule has 0 radical (unpaired) electrons. The molecule has 1 fully saturated rings. The number of amides is 2. The van der Waals surface area contributed by atoms with E-state index in [0.717, 1.165) is 5.56 Å². The van der Waals surface area contributed by atoms with Crippen LogP contribution in [0.5, 0.6) is 5.75 Å². The molecular weight excluding hydrogens is 527 g/mol. The van der Waals surface area contributed by atoms with E-state index >= 15 is 0 Å². The topological polar surface area (TPSA) is 114 Å². The van der Waals surface area contributed by atoms with Gasteiger partial charge in [0.15, 0.2) is 0 Å². The van der Waals surface area contributed by atoms with Gasteiger partial charge in [-0.25, -0.2) is 0 Å². The Morgan fingerprint density at radius 1 is 1.15 bits per heavy atom. The minimum Gasteiger partial charge on any atom is -0.496 e. The van der Waals surface area contributed by atoms with Crippen LogP contribution in [0.2, 0.25) is 0 Å². The molecule has 0 aliphatic carbocycles. The van der Waals surface area contributed by atoms with Crippen molar-refractivity contribution in [3.8, 4) is 11.4 Å². The Labute approximate surface area is 229 Å². The third-order valence-corrected chi connectivity index (χ3v) is 6.92. The molecule has 1 saturated heterocycles. The van der Waals surface area contributed by atoms with Crippen molar-refractivity contribution in [3.05, 3.63) is 65.5 Å². The van der Waals surface area contributed by atoms with Crippen LogP contribution in [-0.2, 0) is 22.3 Å². The maximum atomic E-state index is 13.4. The summed E-state index contributed by atoms with van der Waals surface area (Å²) in [6.45, 7) is 3.31. The van der Waals surface area contributed by atoms with Crippen molar-refractivity contribution < 1.29 is 27.5 Å². The monoisotopic (exact) mass is 559 g/mol. The van der Waals surface area contributed by atoms with Crippen molar-refractivity contribution in [2.45, 2.75) is 50.9 Å². The van der Waals surface area contributed by atoms with E-state index in [1.807, 2.05) is 35.2 Å². The van der Waals surface area contributed by atoms with Crippen LogP contribution in [0.1, 0.15) is 49.1 Å². The molecular formula is C27H32F3N7O3. The molecule has 2 N–H and O–H groups in total. The molecule has 2 atom stereocenters. The van der Waals surface area contributed by atoms with E-state index in [-0.39, 0.29) is 29.5 Å². The Hall–Kier alpha value is -4.00. The maximum Gasteiger partial charge on any atom is 0.453 e. The number of halogens is 3. The molecule has 2 aromatic carbocycles. The summed E-state index contributed by atoms with van der Waals surface area (Å²) in [5.41, 5.74) is 1.89. The number of alkyl halides is 3. The number of likely N-dealkylation sites (tertiary alicyclic amines) is 1. The molecule has 13 heteroatoms. The first-order valence-corrected chi connectivity index (χ1v) is 13.0. The molecule has 1 aliphatic rings. The van der Waals surface area contributed by atoms with Crippen molar-refractivity contribution in [2.24, 2.45) is 0 Å². The molecule has 1 aromatic heterocycles. The molecule has 4 rings (SSSR count). The van der Waals surface area contributed by atoms with Crippen LogP contribution in [-0.4, -0.2) is 69.7 Å². The van der Waals surface area contributed by atoms with Gasteiger partial charge in [0.25, 0.3) is 5.82 Å². The van der Waals surface area contributed by atoms with Crippen LogP contribution in [0, 0.1) is 0 Å². The summed E-state index contributed by atoms with van der Waals surface area (Å²) < 4.78 is 46.2. The molecule has 40 heavy (non-hydrogen) atoms. The van der Waals surface area contributed by atoms with Gasteiger partial charge in [0.05, 0.1) is 12.8 Å². The van der Waals surface area contributed by atoms with Crippen LogP contribution in [0.3, 0.4) is 0 Å². The van der Waals surface area contributed by atoms with Crippen molar-refractivity contribution >= 4 is 11.8 Å². The molecule has 2 amide bonds. The second kappa shape index (κ2) is 12.9. The zero-order chi connectivity index (χ0) is 28.7. The molecule has 0 unspecified atom stereocenters. The van der Waals surface area contributed by atoms with Gasteiger partial charge in [-0.3, -0.25) is 9.59 Å². The summed E-state index contributed by atoms with van der Waals surface area (Å²) in [5.74, 6) is -0.777. The number of tetrazole rings is 1. The van der Waals surface area contributed by atoms with Crippen molar-refractivity contribution in [1.29, 1.82) is 0 Å². The number of carbonyl (C=O) groups is 2. The summed E-state index contributed by atoms with van der Waals surface area (Å²) >= 11 is 0. The van der Waals surface area contributed by atoms with E-state index in [1.165, 1.54) is 20.1 Å². The summed E-state index contributed by atoms with van der Waals surface area (Å²) in [6.07, 6.45) is -3.11. The highest BCUT2D eigenvalue weighted by molar-refractivity contribution is 5.76. The normalized spacial score (nSPS) is 17.5. The van der Waals surface area contributed by atoms with E-state index < -0.39 is 12.0 Å². The third kappa shape index (κ3) is 7.14. The number of nitrogens with zero attached hydrogens (tertiary/aromatic N) is 5. The molecule has 0 spiro atoms. The molecule has 214 valence electrons. The lowest BCUT2D eigenvalue weighted by Crippen LogP contribution is -2.49. The second-order valence-electron chi connectivity index (χ2n) is 9.63. The lowest BCUT2D eigenvalue weighted by molar-refractivity contribution is -0.146. The predicted octanol–water partition coefficient (Wildman–Crippen LogP) is 3.08. The Bertz CT molecular complexity index is 1300. The van der Waals surface area contributed by atoms with E-state index in [0.29, 0.717) is 61.4 Å². The summed E-state index contributed by atoms with van der Waals surface area (Å²) in [7, 11) is 1.50. The number of hydrogen-bond acceptors (Lipinski definition) is 7. The van der Waals surface area contributed by atoms with Gasteiger partial charge in [-0.15, -0.1) is 5.10 Å². The first-order chi connectivity index (χ1) is 19.2. The molecule has 2 heterocycles. The molecule has 10 nitrogen and oxygen atoms in total. The Kier molecular flexibility index (Phi) is 9.35. The number of ether oxygens (including phenoxy) is 1. The molecule has 0 saturated carbocycles. The number of rotatable bonds is 10. The zero-order valence-electron chi connectivity index (χ0n) is 22.3. The minimum absolute atomic E-state index is 0.000213. The van der Waals surface area contributed by atoms with Crippen LogP contribution in [0.4, 0.5) is 13.2 Å². The SMILES string of the molecule is COc1ccc(-n2nnnc2C(F)(F)F)cc1CN[C@H]1CCN(C(=O)CCCNC(C)=O)C[C@H]1c1ccccc1. The fraction of sp³-hybridized carbons (Fsp3) is 0.444. The van der Waals surface area contributed by atoms with E-state index in [9.17, 15) is 22.8 Å². The number of benzene rings is 2. The average molecular weight is 560 g/mol. The van der Waals surface area contributed by atoms with Crippen molar-refractivity contribution in [2.75, 3.05) is 26.7 Å². The average Bonchev–Trinajstić information content (AvgIpc) is 3.45. The van der Waals surface area contributed by atoms with Gasteiger partial charge in [0.2, 0.25) is 11.8 Å². The zero-order valence-corrected chi connectivity index (χ0v) is 22.3. The van der Waals surface area contributed by atoms with E-state index in [2.05, 4.69) is 26.2 Å². The van der Waals surface area contributed by atoms with Crippen LogP contribution >= 0.6 is 0 Å². The first-order valence-electron chi connectivity index (χ1n) is 13.0. The van der Waals surface area contributed by atoms with Gasteiger partial charge >= 0.3 is 6.18 Å². The number of aromatic nitrogens is 4. The minimum atomic E-state index is -4.71. The number of methoxy groups -OCH3 is 1. The van der Waals surface area contributed by atoms with Gasteiger partial charge in [0.1, 0.15) is 5.75 Å². The molecule has 0 bridgehead atoms. The maximum absolute atomic E-state index is 13.4. The highest BCUT2D eigenvalue weighted by Gasteiger charge is 2.38. The lowest BCUT2D eigenvalue weighted by Gasteiger charge is -2.39. The van der Waals surface area contributed by atoms with Crippen molar-refractivity contribution in [1.82, 2.24) is 35.7 Å². The largest absolute Gasteiger partial charge is 0.496 e. The Morgan fingerprint density at radius 2 is 1.93 bits per heavy atom. The summed E-state index contributed by atoms with van der Waals surface area (Å²) in [5, 5.41) is 16.1. The van der Waals surface area contributed by atoms with E-state index in [1.54, 1.807) is 12.1 Å². The lowest BCUT2D eigenvalue weighted by atomic mass is 9.85. The van der Waals surface area contributed by atoms with Gasteiger partial charge in [-0.1, -0.05) is 30.3 Å². The van der Waals surface area contributed by atoms with Crippen molar-refractivity contribution in [3.63, 3.8) is 0 Å². The third-order valence-electron chi connectivity index (χ3n) is 6.92. The first kappa shape index (κ1) is 29.0. The Balaban J connectivity index is 1.49. The summed E-state index contributed by atoms with van der Waals surface area (Å²) in [4.78, 5) is 25.9. The standard InChI is InChI=1S/C27H32F3N7O3/c1-18(38)31-13-6-9-25(39)36-14-12-23(22(17-36)19-7-4-3-5-8-19)32-16-20-15-21(10-11-24(20)40-2)37-26(27(28,29)30)33-34-35-37/h3-5,7-8,10-11,15,22-23,32H,6,9,12-14,16-17H2,1-2H3,(H,31,38)/t22-,23-/m0/s1. The highest BCUT2D eigenvalue weighted by atomic mass is 19.4. The van der Waals surface area contributed by atoms with Gasteiger partial charge in [-0.05, 0) is 47.0 Å². The van der Waals surface area contributed by atoms with E-state index in [4.69, 9.17) is 4.74 Å². The summed E-state index contributed by atoms with van der Waals surface area (Å²) in [6, 6.07) is 14.5.